The number of fused-ring (bicyclic) bond motifs is 1. The summed E-state index contributed by atoms with van der Waals surface area (Å²) >= 11 is 0. The molecule has 0 spiro atoms. The van der Waals surface area contributed by atoms with Crippen molar-refractivity contribution in [3.63, 3.8) is 0 Å². The second-order valence-electron chi connectivity index (χ2n) is 6.50. The zero-order valence-corrected chi connectivity index (χ0v) is 15.2. The molecule has 1 fully saturated rings. The highest BCUT2D eigenvalue weighted by Gasteiger charge is 2.25. The Morgan fingerprint density at radius 2 is 1.93 bits per heavy atom. The molecular weight excluding hydrogens is 342 g/mol. The van der Waals surface area contributed by atoms with E-state index in [1.165, 1.54) is 0 Å². The van der Waals surface area contributed by atoms with Crippen LogP contribution in [0.4, 0.5) is 0 Å². The van der Waals surface area contributed by atoms with Crippen LogP contribution in [0.5, 0.6) is 11.5 Å². The summed E-state index contributed by atoms with van der Waals surface area (Å²) in [5.74, 6) is 0.942. The first-order valence-corrected chi connectivity index (χ1v) is 9.18. The molecule has 1 aromatic heterocycles. The maximum atomic E-state index is 12.1. The van der Waals surface area contributed by atoms with Gasteiger partial charge in [-0.05, 0) is 43.5 Å². The monoisotopic (exact) mass is 363 g/mol. The molecule has 0 unspecified atom stereocenters. The third-order valence-electron chi connectivity index (χ3n) is 4.29. The molecular formula is C22H21NO4. The molecule has 0 atom stereocenters. The topological polar surface area (TPSA) is 57.7 Å². The third-order valence-corrected chi connectivity index (χ3v) is 4.29. The van der Waals surface area contributed by atoms with E-state index >= 15 is 0 Å². The Hall–Kier alpha value is -3.08. The molecule has 138 valence electrons. The predicted molar refractivity (Wildman–Crippen MR) is 102 cm³/mol. The van der Waals surface area contributed by atoms with Gasteiger partial charge in [-0.25, -0.2) is 9.78 Å². The van der Waals surface area contributed by atoms with E-state index in [0.29, 0.717) is 24.5 Å². The molecule has 0 N–H and O–H groups in total. The number of hydrogen-bond acceptors (Lipinski definition) is 5. The Morgan fingerprint density at radius 1 is 1.11 bits per heavy atom. The van der Waals surface area contributed by atoms with E-state index in [1.54, 1.807) is 13.0 Å². The molecule has 0 radical (unpaired) electrons. The van der Waals surface area contributed by atoms with Gasteiger partial charge >= 0.3 is 5.97 Å². The van der Waals surface area contributed by atoms with E-state index in [-0.39, 0.29) is 11.8 Å². The average molecular weight is 363 g/mol. The van der Waals surface area contributed by atoms with Crippen molar-refractivity contribution in [1.82, 2.24) is 4.98 Å². The lowest BCUT2D eigenvalue weighted by Gasteiger charge is -2.12. The normalized spacial score (nSPS) is 13.4. The predicted octanol–water partition coefficient (Wildman–Crippen LogP) is 4.53. The Morgan fingerprint density at radius 3 is 2.67 bits per heavy atom. The number of aromatic nitrogens is 1. The molecule has 1 aliphatic carbocycles. The Bertz CT molecular complexity index is 951. The molecule has 0 bridgehead atoms. The first-order valence-electron chi connectivity index (χ1n) is 9.18. The van der Waals surface area contributed by atoms with Crippen LogP contribution in [0.15, 0.2) is 54.6 Å². The van der Waals surface area contributed by atoms with Gasteiger partial charge in [-0.3, -0.25) is 0 Å². The SMILES string of the molecule is CCOC(=O)c1cc(OC2CC2)c2cc(OCc3ccccc3)ccc2n1. The Kier molecular flexibility index (Phi) is 4.92. The van der Waals surface area contributed by atoms with Crippen LogP contribution in [0.2, 0.25) is 0 Å². The number of benzene rings is 2. The van der Waals surface area contributed by atoms with E-state index in [2.05, 4.69) is 4.98 Å². The van der Waals surface area contributed by atoms with Gasteiger partial charge in [0.2, 0.25) is 0 Å². The molecule has 0 amide bonds. The number of pyridine rings is 1. The highest BCUT2D eigenvalue weighted by atomic mass is 16.5. The molecule has 1 aliphatic rings. The van der Waals surface area contributed by atoms with E-state index in [0.717, 1.165) is 29.5 Å². The molecule has 5 nitrogen and oxygen atoms in total. The largest absolute Gasteiger partial charge is 0.490 e. The van der Waals surface area contributed by atoms with Crippen LogP contribution >= 0.6 is 0 Å². The van der Waals surface area contributed by atoms with Crippen molar-refractivity contribution in [3.8, 4) is 11.5 Å². The van der Waals surface area contributed by atoms with Gasteiger partial charge in [0.1, 0.15) is 18.1 Å². The quantitative estimate of drug-likeness (QED) is 0.577. The van der Waals surface area contributed by atoms with E-state index < -0.39 is 5.97 Å². The molecule has 0 aliphatic heterocycles. The molecule has 3 aromatic rings. The molecule has 2 aromatic carbocycles. The minimum absolute atomic E-state index is 0.208. The van der Waals surface area contributed by atoms with E-state index in [4.69, 9.17) is 14.2 Å². The summed E-state index contributed by atoms with van der Waals surface area (Å²) in [6, 6.07) is 17.3. The first-order chi connectivity index (χ1) is 13.2. The lowest BCUT2D eigenvalue weighted by molar-refractivity contribution is 0.0519. The number of rotatable bonds is 7. The third kappa shape index (κ3) is 4.19. The summed E-state index contributed by atoms with van der Waals surface area (Å²) in [6.45, 7) is 2.57. The van der Waals surface area contributed by atoms with Crippen LogP contribution in [0.25, 0.3) is 10.9 Å². The number of carbonyl (C=O) groups is 1. The van der Waals surface area contributed by atoms with Gasteiger partial charge in [0.25, 0.3) is 0 Å². The van der Waals surface area contributed by atoms with Crippen molar-refractivity contribution in [1.29, 1.82) is 0 Å². The first kappa shape index (κ1) is 17.3. The van der Waals surface area contributed by atoms with Gasteiger partial charge in [-0.15, -0.1) is 0 Å². The highest BCUT2D eigenvalue weighted by Crippen LogP contribution is 2.34. The maximum absolute atomic E-state index is 12.1. The molecule has 5 heteroatoms. The van der Waals surface area contributed by atoms with Gasteiger partial charge in [0.15, 0.2) is 5.69 Å². The van der Waals surface area contributed by atoms with Crippen LogP contribution in [0.3, 0.4) is 0 Å². The lowest BCUT2D eigenvalue weighted by atomic mass is 10.1. The van der Waals surface area contributed by atoms with Gasteiger partial charge < -0.3 is 14.2 Å². The number of hydrogen-bond donors (Lipinski definition) is 0. The highest BCUT2D eigenvalue weighted by molar-refractivity contribution is 5.94. The van der Waals surface area contributed by atoms with Gasteiger partial charge in [-0.1, -0.05) is 30.3 Å². The number of nitrogens with zero attached hydrogens (tertiary/aromatic N) is 1. The number of esters is 1. The summed E-state index contributed by atoms with van der Waals surface area (Å²) in [7, 11) is 0. The molecule has 27 heavy (non-hydrogen) atoms. The smallest absolute Gasteiger partial charge is 0.357 e. The van der Waals surface area contributed by atoms with Crippen molar-refractivity contribution in [2.75, 3.05) is 6.61 Å². The fourth-order valence-corrected chi connectivity index (χ4v) is 2.78. The second kappa shape index (κ2) is 7.66. The fraction of sp³-hybridized carbons (Fsp3) is 0.273. The zero-order valence-electron chi connectivity index (χ0n) is 15.2. The van der Waals surface area contributed by atoms with Gasteiger partial charge in [0, 0.05) is 11.5 Å². The fourth-order valence-electron chi connectivity index (χ4n) is 2.78. The van der Waals surface area contributed by atoms with Crippen molar-refractivity contribution in [3.05, 3.63) is 65.9 Å². The molecule has 4 rings (SSSR count). The van der Waals surface area contributed by atoms with E-state index in [1.807, 2.05) is 48.5 Å². The zero-order chi connectivity index (χ0) is 18.6. The minimum Gasteiger partial charge on any atom is -0.490 e. The van der Waals surface area contributed by atoms with Crippen LogP contribution < -0.4 is 9.47 Å². The molecule has 1 heterocycles. The van der Waals surface area contributed by atoms with Gasteiger partial charge in [0.05, 0.1) is 18.2 Å². The standard InChI is InChI=1S/C22H21NO4/c1-2-25-22(24)20-13-21(27-16-8-9-16)18-12-17(10-11-19(18)23-20)26-14-15-6-4-3-5-7-15/h3-7,10-13,16H,2,8-9,14H2,1H3. The van der Waals surface area contributed by atoms with Crippen LogP contribution in [-0.2, 0) is 11.3 Å². The van der Waals surface area contributed by atoms with Crippen LogP contribution in [-0.4, -0.2) is 23.7 Å². The molecule has 0 saturated heterocycles. The van der Waals surface area contributed by atoms with Crippen molar-refractivity contribution < 1.29 is 19.0 Å². The Labute approximate surface area is 157 Å². The summed E-state index contributed by atoms with van der Waals surface area (Å²) in [5.41, 5.74) is 2.05. The summed E-state index contributed by atoms with van der Waals surface area (Å²) in [5, 5.41) is 0.834. The second-order valence-corrected chi connectivity index (χ2v) is 6.50. The minimum atomic E-state index is -0.440. The van der Waals surface area contributed by atoms with Gasteiger partial charge in [-0.2, -0.15) is 0 Å². The summed E-state index contributed by atoms with van der Waals surface area (Å²) in [6.07, 6.45) is 2.27. The number of carbonyl (C=O) groups excluding carboxylic acids is 1. The Balaban J connectivity index is 1.64. The maximum Gasteiger partial charge on any atom is 0.357 e. The lowest BCUT2D eigenvalue weighted by Crippen LogP contribution is -2.08. The van der Waals surface area contributed by atoms with E-state index in [9.17, 15) is 4.79 Å². The van der Waals surface area contributed by atoms with Crippen LogP contribution in [0, 0.1) is 0 Å². The average Bonchev–Trinajstić information content (AvgIpc) is 3.51. The number of ether oxygens (including phenoxy) is 3. The molecule has 1 saturated carbocycles. The summed E-state index contributed by atoms with van der Waals surface area (Å²) < 4.78 is 17.0. The van der Waals surface area contributed by atoms with Crippen molar-refractivity contribution >= 4 is 16.9 Å². The summed E-state index contributed by atoms with van der Waals surface area (Å²) in [4.78, 5) is 16.5. The van der Waals surface area contributed by atoms with Crippen LogP contribution in [0.1, 0.15) is 35.8 Å². The van der Waals surface area contributed by atoms with Crippen molar-refractivity contribution in [2.24, 2.45) is 0 Å². The van der Waals surface area contributed by atoms with Crippen molar-refractivity contribution in [2.45, 2.75) is 32.5 Å².